The highest BCUT2D eigenvalue weighted by Crippen LogP contribution is 2.18. The van der Waals surface area contributed by atoms with Crippen LogP contribution in [0, 0.1) is 5.92 Å². The second-order valence-corrected chi connectivity index (χ2v) is 5.75. The third-order valence-electron chi connectivity index (χ3n) is 3.26. The monoisotopic (exact) mass is 269 g/mol. The Balaban J connectivity index is 1.94. The van der Waals surface area contributed by atoms with Crippen LogP contribution in [0.2, 0.25) is 0 Å². The number of nitrogens with one attached hydrogen (secondary N) is 2. The number of nitrogens with zero attached hydrogens (tertiary/aromatic N) is 3. The molecule has 1 saturated heterocycles. The highest BCUT2D eigenvalue weighted by atomic mass is 32.1. The number of anilines is 1. The summed E-state index contributed by atoms with van der Waals surface area (Å²) in [5.41, 5.74) is 0. The molecule has 2 unspecified atom stereocenters. The van der Waals surface area contributed by atoms with Gasteiger partial charge in [0.25, 0.3) is 5.91 Å². The highest BCUT2D eigenvalue weighted by molar-refractivity contribution is 7.17. The van der Waals surface area contributed by atoms with Crippen molar-refractivity contribution in [3.05, 3.63) is 5.01 Å². The fourth-order valence-electron chi connectivity index (χ4n) is 2.21. The lowest BCUT2D eigenvalue weighted by atomic mass is 9.94. The normalized spacial score (nSPS) is 24.8. The summed E-state index contributed by atoms with van der Waals surface area (Å²) in [4.78, 5) is 14.3. The Morgan fingerprint density at radius 3 is 2.89 bits per heavy atom. The Labute approximate surface area is 111 Å². The van der Waals surface area contributed by atoms with Crippen molar-refractivity contribution in [3.8, 4) is 0 Å². The molecule has 0 aromatic carbocycles. The molecule has 2 atom stereocenters. The van der Waals surface area contributed by atoms with Gasteiger partial charge in [-0.2, -0.15) is 0 Å². The molecule has 1 aliphatic rings. The summed E-state index contributed by atoms with van der Waals surface area (Å²) in [7, 11) is 3.87. The van der Waals surface area contributed by atoms with Gasteiger partial charge in [-0.1, -0.05) is 18.3 Å². The van der Waals surface area contributed by atoms with Gasteiger partial charge in [-0.05, 0) is 25.9 Å². The number of amides is 1. The van der Waals surface area contributed by atoms with Gasteiger partial charge in [-0.15, -0.1) is 10.2 Å². The van der Waals surface area contributed by atoms with Crippen LogP contribution < -0.4 is 10.6 Å². The molecule has 0 aliphatic carbocycles. The molecule has 18 heavy (non-hydrogen) atoms. The Hall–Kier alpha value is -1.21. The second kappa shape index (κ2) is 5.62. The highest BCUT2D eigenvalue weighted by Gasteiger charge is 2.26. The van der Waals surface area contributed by atoms with Crippen LogP contribution in [0.5, 0.6) is 0 Å². The molecular weight excluding hydrogens is 250 g/mol. The van der Waals surface area contributed by atoms with Gasteiger partial charge in [0.2, 0.25) is 10.1 Å². The number of aromatic nitrogens is 2. The average molecular weight is 269 g/mol. The van der Waals surface area contributed by atoms with Crippen molar-refractivity contribution in [2.75, 3.05) is 32.5 Å². The maximum atomic E-state index is 12.0. The number of rotatable bonds is 3. The van der Waals surface area contributed by atoms with Gasteiger partial charge in [-0.25, -0.2) is 0 Å². The lowest BCUT2D eigenvalue weighted by molar-refractivity contribution is 0.0883. The van der Waals surface area contributed by atoms with Gasteiger partial charge < -0.3 is 15.5 Å². The van der Waals surface area contributed by atoms with Gasteiger partial charge >= 0.3 is 0 Å². The van der Waals surface area contributed by atoms with E-state index in [1.165, 1.54) is 11.3 Å². The van der Waals surface area contributed by atoms with Crippen molar-refractivity contribution in [2.24, 2.45) is 5.92 Å². The summed E-state index contributed by atoms with van der Waals surface area (Å²) in [5, 5.41) is 14.8. The zero-order valence-corrected chi connectivity index (χ0v) is 11.8. The summed E-state index contributed by atoms with van der Waals surface area (Å²) in [6.45, 7) is 4.20. The van der Waals surface area contributed by atoms with E-state index in [1.807, 2.05) is 0 Å². The fourth-order valence-corrected chi connectivity index (χ4v) is 2.81. The first-order chi connectivity index (χ1) is 8.60. The van der Waals surface area contributed by atoms with Crippen molar-refractivity contribution in [1.29, 1.82) is 0 Å². The zero-order chi connectivity index (χ0) is 13.1. The lowest BCUT2D eigenvalue weighted by Gasteiger charge is -2.34. The van der Waals surface area contributed by atoms with Crippen molar-refractivity contribution in [2.45, 2.75) is 19.4 Å². The average Bonchev–Trinajstić information content (AvgIpc) is 2.81. The molecular formula is C11H19N5OS. The van der Waals surface area contributed by atoms with Crippen LogP contribution in [0.3, 0.4) is 0 Å². The van der Waals surface area contributed by atoms with E-state index in [4.69, 9.17) is 0 Å². The number of likely N-dealkylation sites (tertiary alicyclic amines) is 1. The third-order valence-corrected chi connectivity index (χ3v) is 4.20. The first kappa shape index (κ1) is 13.2. The van der Waals surface area contributed by atoms with Crippen molar-refractivity contribution >= 4 is 22.4 Å². The van der Waals surface area contributed by atoms with Crippen LogP contribution in [0.15, 0.2) is 0 Å². The summed E-state index contributed by atoms with van der Waals surface area (Å²) in [5.74, 6) is 0.347. The Morgan fingerprint density at radius 2 is 2.28 bits per heavy atom. The van der Waals surface area contributed by atoms with Gasteiger partial charge in [-0.3, -0.25) is 4.79 Å². The maximum Gasteiger partial charge on any atom is 0.282 e. The van der Waals surface area contributed by atoms with Gasteiger partial charge in [0.1, 0.15) is 0 Å². The first-order valence-electron chi connectivity index (χ1n) is 6.11. The van der Waals surface area contributed by atoms with Crippen molar-refractivity contribution in [3.63, 3.8) is 0 Å². The van der Waals surface area contributed by atoms with E-state index in [2.05, 4.69) is 39.7 Å². The molecule has 2 heterocycles. The minimum absolute atomic E-state index is 0.115. The predicted molar refractivity (Wildman–Crippen MR) is 72.0 cm³/mol. The van der Waals surface area contributed by atoms with Crippen LogP contribution in [-0.4, -0.2) is 54.2 Å². The minimum Gasteiger partial charge on any atom is -0.363 e. The lowest BCUT2D eigenvalue weighted by Crippen LogP contribution is -2.48. The Bertz CT molecular complexity index is 421. The summed E-state index contributed by atoms with van der Waals surface area (Å²) in [6, 6.07) is 0.232. The van der Waals surface area contributed by atoms with Crippen LogP contribution in [0.4, 0.5) is 5.13 Å². The maximum absolute atomic E-state index is 12.0. The summed E-state index contributed by atoms with van der Waals surface area (Å²) < 4.78 is 0. The minimum atomic E-state index is -0.115. The Kier molecular flexibility index (Phi) is 4.13. The predicted octanol–water partition coefficient (Wildman–Crippen LogP) is 0.650. The van der Waals surface area contributed by atoms with E-state index in [0.717, 1.165) is 19.5 Å². The van der Waals surface area contributed by atoms with Crippen molar-refractivity contribution in [1.82, 2.24) is 20.4 Å². The molecule has 2 N–H and O–H groups in total. The summed E-state index contributed by atoms with van der Waals surface area (Å²) in [6.07, 6.45) is 0.987. The quantitative estimate of drug-likeness (QED) is 0.843. The second-order valence-electron chi connectivity index (χ2n) is 4.77. The molecule has 2 rings (SSSR count). The molecule has 0 bridgehead atoms. The SMILES string of the molecule is CNc1nnc(C(=O)NC2CCN(C)CC2C)s1. The molecule has 1 aromatic rings. The zero-order valence-electron chi connectivity index (χ0n) is 10.9. The van der Waals surface area contributed by atoms with E-state index in [1.54, 1.807) is 7.05 Å². The number of piperidine rings is 1. The molecule has 1 fully saturated rings. The molecule has 100 valence electrons. The molecule has 0 spiro atoms. The van der Waals surface area contributed by atoms with E-state index < -0.39 is 0 Å². The molecule has 1 aromatic heterocycles. The topological polar surface area (TPSA) is 70.1 Å². The fraction of sp³-hybridized carbons (Fsp3) is 0.727. The largest absolute Gasteiger partial charge is 0.363 e. The van der Waals surface area contributed by atoms with Crippen LogP contribution in [0.1, 0.15) is 23.1 Å². The number of hydrogen-bond donors (Lipinski definition) is 2. The molecule has 0 radical (unpaired) electrons. The number of hydrogen-bond acceptors (Lipinski definition) is 6. The number of carbonyl (C=O) groups is 1. The number of carbonyl (C=O) groups excluding carboxylic acids is 1. The van der Waals surface area contributed by atoms with Gasteiger partial charge in [0.05, 0.1) is 0 Å². The first-order valence-corrected chi connectivity index (χ1v) is 6.92. The van der Waals surface area contributed by atoms with Gasteiger partial charge in [0, 0.05) is 19.6 Å². The van der Waals surface area contributed by atoms with E-state index in [0.29, 0.717) is 16.1 Å². The Morgan fingerprint density at radius 1 is 1.50 bits per heavy atom. The molecule has 0 saturated carbocycles. The van der Waals surface area contributed by atoms with E-state index in [9.17, 15) is 4.79 Å². The van der Waals surface area contributed by atoms with E-state index >= 15 is 0 Å². The van der Waals surface area contributed by atoms with E-state index in [-0.39, 0.29) is 11.9 Å². The van der Waals surface area contributed by atoms with Crippen LogP contribution >= 0.6 is 11.3 Å². The summed E-state index contributed by atoms with van der Waals surface area (Å²) >= 11 is 1.28. The molecule has 1 aliphatic heterocycles. The molecule has 6 nitrogen and oxygen atoms in total. The molecule has 1 amide bonds. The molecule has 7 heteroatoms. The van der Waals surface area contributed by atoms with Crippen LogP contribution in [0.25, 0.3) is 0 Å². The standard InChI is InChI=1S/C11H19N5OS/c1-7-6-16(3)5-4-8(7)13-9(17)10-14-15-11(12-2)18-10/h7-8H,4-6H2,1-3H3,(H,12,15)(H,13,17). The van der Waals surface area contributed by atoms with Gasteiger partial charge in [0.15, 0.2) is 0 Å². The van der Waals surface area contributed by atoms with Crippen LogP contribution in [-0.2, 0) is 0 Å². The third kappa shape index (κ3) is 2.97. The smallest absolute Gasteiger partial charge is 0.282 e. The van der Waals surface area contributed by atoms with Crippen molar-refractivity contribution < 1.29 is 4.79 Å².